The number of esters is 1. The average Bonchev–Trinajstić information content (AvgIpc) is 2.41. The van der Waals surface area contributed by atoms with Crippen LogP contribution in [0.1, 0.15) is 5.56 Å². The van der Waals surface area contributed by atoms with Gasteiger partial charge in [-0.15, -0.1) is 0 Å². The molecule has 0 aromatic carbocycles. The summed E-state index contributed by atoms with van der Waals surface area (Å²) in [6, 6.07) is 4.02. The summed E-state index contributed by atoms with van der Waals surface area (Å²) in [4.78, 5) is 17.9. The lowest BCUT2D eigenvalue weighted by Crippen LogP contribution is -2.56. The van der Waals surface area contributed by atoms with Crippen LogP contribution >= 0.6 is 0 Å². The Morgan fingerprint density at radius 3 is 2.68 bits per heavy atom. The average molecular weight is 264 g/mol. The van der Waals surface area contributed by atoms with Crippen molar-refractivity contribution in [3.8, 4) is 0 Å². The molecule has 0 saturated carbocycles. The lowest BCUT2D eigenvalue weighted by molar-refractivity contribution is -0.186. The zero-order valence-electron chi connectivity index (χ0n) is 11.5. The molecule has 0 spiro atoms. The van der Waals surface area contributed by atoms with E-state index in [1.54, 1.807) is 12.4 Å². The minimum atomic E-state index is -0.470. The zero-order chi connectivity index (χ0) is 13.7. The van der Waals surface area contributed by atoms with E-state index < -0.39 is 5.41 Å². The topological polar surface area (TPSA) is 51.7 Å². The van der Waals surface area contributed by atoms with Crippen LogP contribution in [0.5, 0.6) is 0 Å². The fourth-order valence-electron chi connectivity index (χ4n) is 2.30. The fourth-order valence-corrected chi connectivity index (χ4v) is 2.30. The Morgan fingerprint density at radius 1 is 1.47 bits per heavy atom. The molecule has 104 valence electrons. The van der Waals surface area contributed by atoms with Gasteiger partial charge < -0.3 is 14.4 Å². The number of carbonyl (C=O) groups excluding carboxylic acids is 1. The van der Waals surface area contributed by atoms with Crippen LogP contribution in [0, 0.1) is 5.41 Å². The quantitative estimate of drug-likeness (QED) is 0.710. The number of rotatable bonds is 6. The SMILES string of the molecule is COC(=O)C1(CN(C)CCc2ccncc2)COC1. The fraction of sp³-hybridized carbons (Fsp3) is 0.571. The third kappa shape index (κ3) is 3.30. The van der Waals surface area contributed by atoms with Gasteiger partial charge in [0.1, 0.15) is 5.41 Å². The van der Waals surface area contributed by atoms with Crippen molar-refractivity contribution in [3.63, 3.8) is 0 Å². The summed E-state index contributed by atoms with van der Waals surface area (Å²) in [5.74, 6) is -0.172. The van der Waals surface area contributed by atoms with Gasteiger partial charge in [0.05, 0.1) is 20.3 Å². The number of ether oxygens (including phenoxy) is 2. The van der Waals surface area contributed by atoms with E-state index in [-0.39, 0.29) is 5.97 Å². The Morgan fingerprint density at radius 2 is 2.16 bits per heavy atom. The van der Waals surface area contributed by atoms with E-state index >= 15 is 0 Å². The number of hydrogen-bond acceptors (Lipinski definition) is 5. The van der Waals surface area contributed by atoms with Crippen LogP contribution in [0.3, 0.4) is 0 Å². The molecule has 0 unspecified atom stereocenters. The molecule has 1 aromatic rings. The van der Waals surface area contributed by atoms with Gasteiger partial charge in [-0.1, -0.05) is 0 Å². The molecule has 2 heterocycles. The van der Waals surface area contributed by atoms with Crippen LogP contribution in [0.15, 0.2) is 24.5 Å². The van der Waals surface area contributed by atoms with Crippen molar-refractivity contribution in [1.29, 1.82) is 0 Å². The summed E-state index contributed by atoms with van der Waals surface area (Å²) in [5, 5.41) is 0. The van der Waals surface area contributed by atoms with Crippen molar-refractivity contribution >= 4 is 5.97 Å². The lowest BCUT2D eigenvalue weighted by atomic mass is 9.85. The van der Waals surface area contributed by atoms with E-state index in [9.17, 15) is 4.79 Å². The summed E-state index contributed by atoms with van der Waals surface area (Å²) in [7, 11) is 3.45. The maximum Gasteiger partial charge on any atom is 0.317 e. The van der Waals surface area contributed by atoms with Gasteiger partial charge in [-0.05, 0) is 31.2 Å². The molecule has 0 radical (unpaired) electrons. The maximum absolute atomic E-state index is 11.8. The van der Waals surface area contributed by atoms with Crippen LogP contribution < -0.4 is 0 Å². The van der Waals surface area contributed by atoms with Crippen molar-refractivity contribution < 1.29 is 14.3 Å². The molecule has 1 aromatic heterocycles. The Kier molecular flexibility index (Phi) is 4.50. The second kappa shape index (κ2) is 6.12. The maximum atomic E-state index is 11.8. The molecule has 5 nitrogen and oxygen atoms in total. The molecule has 0 aliphatic carbocycles. The first-order chi connectivity index (χ1) is 9.16. The van der Waals surface area contributed by atoms with Gasteiger partial charge in [0.25, 0.3) is 0 Å². The standard InChI is InChI=1S/C14H20N2O3/c1-16(8-5-12-3-6-15-7-4-12)9-14(10-19-11-14)13(17)18-2/h3-4,6-7H,5,8-11H2,1-2H3. The van der Waals surface area contributed by atoms with E-state index in [0.29, 0.717) is 19.8 Å². The number of aromatic nitrogens is 1. The molecular formula is C14H20N2O3. The predicted molar refractivity (Wildman–Crippen MR) is 70.7 cm³/mol. The first-order valence-corrected chi connectivity index (χ1v) is 6.40. The van der Waals surface area contributed by atoms with Gasteiger partial charge in [0.2, 0.25) is 0 Å². The van der Waals surface area contributed by atoms with E-state index in [1.165, 1.54) is 12.7 Å². The lowest BCUT2D eigenvalue weighted by Gasteiger charge is -2.41. The highest BCUT2D eigenvalue weighted by molar-refractivity contribution is 5.78. The Balaban J connectivity index is 1.83. The number of pyridine rings is 1. The number of likely N-dealkylation sites (N-methyl/N-ethyl adjacent to an activating group) is 1. The van der Waals surface area contributed by atoms with Crippen molar-refractivity contribution in [2.24, 2.45) is 5.41 Å². The molecule has 1 aliphatic rings. The van der Waals surface area contributed by atoms with Crippen LogP contribution in [0.2, 0.25) is 0 Å². The highest BCUT2D eigenvalue weighted by atomic mass is 16.5. The zero-order valence-corrected chi connectivity index (χ0v) is 11.5. The first-order valence-electron chi connectivity index (χ1n) is 6.40. The van der Waals surface area contributed by atoms with E-state index in [2.05, 4.69) is 9.88 Å². The predicted octanol–water partition coefficient (Wildman–Crippen LogP) is 0.745. The molecule has 0 bridgehead atoms. The Hall–Kier alpha value is -1.46. The van der Waals surface area contributed by atoms with Gasteiger partial charge in [-0.3, -0.25) is 9.78 Å². The van der Waals surface area contributed by atoms with Gasteiger partial charge in [-0.2, -0.15) is 0 Å². The first kappa shape index (κ1) is 14.0. The number of methoxy groups -OCH3 is 1. The summed E-state index contributed by atoms with van der Waals surface area (Å²) < 4.78 is 10.1. The minimum Gasteiger partial charge on any atom is -0.468 e. The van der Waals surface area contributed by atoms with Gasteiger partial charge in [0, 0.05) is 25.5 Å². The van der Waals surface area contributed by atoms with Crippen molar-refractivity contribution in [2.75, 3.05) is 40.5 Å². The minimum absolute atomic E-state index is 0.172. The summed E-state index contributed by atoms with van der Waals surface area (Å²) >= 11 is 0. The van der Waals surface area contributed by atoms with Crippen molar-refractivity contribution in [3.05, 3.63) is 30.1 Å². The van der Waals surface area contributed by atoms with E-state index in [4.69, 9.17) is 9.47 Å². The van der Waals surface area contributed by atoms with Crippen LogP contribution in [0.25, 0.3) is 0 Å². The summed E-state index contributed by atoms with van der Waals surface area (Å²) in [6.07, 6.45) is 4.53. The molecule has 1 saturated heterocycles. The van der Waals surface area contributed by atoms with Crippen LogP contribution in [-0.4, -0.2) is 56.3 Å². The number of hydrogen-bond donors (Lipinski definition) is 0. The second-order valence-electron chi connectivity index (χ2n) is 5.11. The summed E-state index contributed by atoms with van der Waals surface area (Å²) in [5.41, 5.74) is 0.778. The number of carbonyl (C=O) groups is 1. The monoisotopic (exact) mass is 264 g/mol. The molecule has 0 amide bonds. The molecule has 2 rings (SSSR count). The molecule has 19 heavy (non-hydrogen) atoms. The number of nitrogens with zero attached hydrogens (tertiary/aromatic N) is 2. The van der Waals surface area contributed by atoms with E-state index in [1.807, 2.05) is 19.2 Å². The normalized spacial score (nSPS) is 17.0. The molecular weight excluding hydrogens is 244 g/mol. The molecule has 5 heteroatoms. The largest absolute Gasteiger partial charge is 0.468 e. The van der Waals surface area contributed by atoms with Gasteiger partial charge >= 0.3 is 5.97 Å². The molecule has 1 fully saturated rings. The smallest absolute Gasteiger partial charge is 0.317 e. The Labute approximate surface area is 113 Å². The molecule has 0 atom stereocenters. The summed E-state index contributed by atoms with van der Waals surface area (Å²) in [6.45, 7) is 2.48. The highest BCUT2D eigenvalue weighted by Gasteiger charge is 2.47. The second-order valence-corrected chi connectivity index (χ2v) is 5.11. The van der Waals surface area contributed by atoms with E-state index in [0.717, 1.165) is 13.0 Å². The van der Waals surface area contributed by atoms with Crippen molar-refractivity contribution in [2.45, 2.75) is 6.42 Å². The van der Waals surface area contributed by atoms with Gasteiger partial charge in [-0.25, -0.2) is 0 Å². The molecule has 0 N–H and O–H groups in total. The van der Waals surface area contributed by atoms with Gasteiger partial charge in [0.15, 0.2) is 0 Å². The van der Waals surface area contributed by atoms with Crippen LogP contribution in [-0.2, 0) is 20.7 Å². The third-order valence-corrected chi connectivity index (χ3v) is 3.48. The van der Waals surface area contributed by atoms with Crippen molar-refractivity contribution in [1.82, 2.24) is 9.88 Å². The molecule has 1 aliphatic heterocycles. The van der Waals surface area contributed by atoms with Crippen LogP contribution in [0.4, 0.5) is 0 Å². The highest BCUT2D eigenvalue weighted by Crippen LogP contribution is 2.29. The third-order valence-electron chi connectivity index (χ3n) is 3.48. The Bertz CT molecular complexity index is 418.